The highest BCUT2D eigenvalue weighted by Gasteiger charge is 2.39. The van der Waals surface area contributed by atoms with E-state index < -0.39 is 0 Å². The van der Waals surface area contributed by atoms with Crippen LogP contribution in [0.5, 0.6) is 0 Å². The molecule has 0 aromatic carbocycles. The van der Waals surface area contributed by atoms with Gasteiger partial charge in [-0.1, -0.05) is 12.1 Å². The van der Waals surface area contributed by atoms with Gasteiger partial charge in [0.2, 0.25) is 0 Å². The van der Waals surface area contributed by atoms with Crippen molar-refractivity contribution in [1.82, 2.24) is 25.2 Å². The van der Waals surface area contributed by atoms with Crippen LogP contribution in [0.4, 0.5) is 0 Å². The van der Waals surface area contributed by atoms with E-state index in [0.717, 1.165) is 57.5 Å². The van der Waals surface area contributed by atoms with Crippen molar-refractivity contribution in [1.29, 1.82) is 0 Å². The molecule has 1 saturated heterocycles. The summed E-state index contributed by atoms with van der Waals surface area (Å²) in [6, 6.07) is 1.23. The van der Waals surface area contributed by atoms with Crippen LogP contribution >= 0.6 is 12.4 Å². The summed E-state index contributed by atoms with van der Waals surface area (Å²) < 4.78 is 1.92. The van der Waals surface area contributed by atoms with Gasteiger partial charge in [-0.15, -0.1) is 17.5 Å². The molecule has 2 saturated carbocycles. The van der Waals surface area contributed by atoms with Gasteiger partial charge in [0.25, 0.3) is 5.91 Å². The van der Waals surface area contributed by atoms with Crippen LogP contribution in [0.1, 0.15) is 74.8 Å². The molecule has 4 rings (SSSR count). The SMILES string of the molecule is CC1CCC(N(C(=O)c2cn(C3CCNCC3)nn2)C2CC2)CC1.Cl. The third-order valence-electron chi connectivity index (χ3n) is 5.97. The molecule has 0 atom stereocenters. The van der Waals surface area contributed by atoms with Gasteiger partial charge >= 0.3 is 0 Å². The maximum atomic E-state index is 13.1. The summed E-state index contributed by atoms with van der Waals surface area (Å²) in [4.78, 5) is 15.3. The molecule has 7 heteroatoms. The Morgan fingerprint density at radius 1 is 1.08 bits per heavy atom. The Labute approximate surface area is 156 Å². The van der Waals surface area contributed by atoms with Gasteiger partial charge in [0, 0.05) is 12.1 Å². The Morgan fingerprint density at radius 3 is 2.28 bits per heavy atom. The summed E-state index contributed by atoms with van der Waals surface area (Å²) in [6.07, 6.45) is 11.1. The standard InChI is InChI=1S/C18H29N5O.ClH/c1-13-2-4-15(5-3-13)23(16-6-7-16)18(24)17-12-22(21-20-17)14-8-10-19-11-9-14;/h12-16,19H,2-11H2,1H3;1H. The molecule has 2 heterocycles. The molecule has 3 aliphatic rings. The third kappa shape index (κ3) is 4.17. The molecular formula is C18H30ClN5O. The first-order valence-electron chi connectivity index (χ1n) is 9.67. The van der Waals surface area contributed by atoms with Crippen LogP contribution in [-0.2, 0) is 0 Å². The van der Waals surface area contributed by atoms with E-state index in [1.165, 1.54) is 12.8 Å². The van der Waals surface area contributed by atoms with Crippen LogP contribution < -0.4 is 5.32 Å². The Bertz CT molecular complexity index is 574. The smallest absolute Gasteiger partial charge is 0.276 e. The minimum atomic E-state index is 0. The van der Waals surface area contributed by atoms with E-state index in [4.69, 9.17) is 0 Å². The van der Waals surface area contributed by atoms with E-state index in [1.807, 2.05) is 10.9 Å². The van der Waals surface area contributed by atoms with Crippen LogP contribution in [0.3, 0.4) is 0 Å². The lowest BCUT2D eigenvalue weighted by Gasteiger charge is -2.36. The fourth-order valence-corrected chi connectivity index (χ4v) is 4.26. The number of hydrogen-bond acceptors (Lipinski definition) is 4. The van der Waals surface area contributed by atoms with Crippen molar-refractivity contribution in [3.8, 4) is 0 Å². The summed E-state index contributed by atoms with van der Waals surface area (Å²) in [7, 11) is 0. The zero-order valence-corrected chi connectivity index (χ0v) is 15.9. The van der Waals surface area contributed by atoms with Crippen LogP contribution in [0.15, 0.2) is 6.20 Å². The van der Waals surface area contributed by atoms with Crippen LogP contribution in [0, 0.1) is 5.92 Å². The maximum absolute atomic E-state index is 13.1. The monoisotopic (exact) mass is 367 g/mol. The fourth-order valence-electron chi connectivity index (χ4n) is 4.26. The van der Waals surface area contributed by atoms with Crippen molar-refractivity contribution in [2.75, 3.05) is 13.1 Å². The lowest BCUT2D eigenvalue weighted by atomic mass is 9.86. The molecule has 1 aromatic rings. The minimum absolute atomic E-state index is 0. The topological polar surface area (TPSA) is 63.1 Å². The second-order valence-electron chi connectivity index (χ2n) is 7.92. The predicted octanol–water partition coefficient (Wildman–Crippen LogP) is 2.81. The summed E-state index contributed by atoms with van der Waals surface area (Å²) >= 11 is 0. The Hall–Kier alpha value is -1.14. The molecule has 3 fully saturated rings. The molecule has 2 aliphatic carbocycles. The molecule has 0 bridgehead atoms. The number of hydrogen-bond donors (Lipinski definition) is 1. The van der Waals surface area contributed by atoms with Gasteiger partial charge in [0.05, 0.1) is 12.2 Å². The van der Waals surface area contributed by atoms with Crippen LogP contribution in [0.25, 0.3) is 0 Å². The molecule has 6 nitrogen and oxygen atoms in total. The molecule has 0 radical (unpaired) electrons. The Kier molecular flexibility index (Phi) is 6.00. The lowest BCUT2D eigenvalue weighted by molar-refractivity contribution is 0.0587. The molecule has 1 amide bonds. The van der Waals surface area contributed by atoms with Gasteiger partial charge in [-0.25, -0.2) is 4.68 Å². The molecule has 1 aliphatic heterocycles. The highest BCUT2D eigenvalue weighted by molar-refractivity contribution is 5.92. The van der Waals surface area contributed by atoms with Crippen molar-refractivity contribution in [3.63, 3.8) is 0 Å². The molecule has 140 valence electrons. The van der Waals surface area contributed by atoms with E-state index in [-0.39, 0.29) is 18.3 Å². The second-order valence-corrected chi connectivity index (χ2v) is 7.92. The van der Waals surface area contributed by atoms with E-state index in [9.17, 15) is 4.79 Å². The predicted molar refractivity (Wildman–Crippen MR) is 99.0 cm³/mol. The summed E-state index contributed by atoms with van der Waals surface area (Å²) in [5.41, 5.74) is 0.541. The summed E-state index contributed by atoms with van der Waals surface area (Å²) in [5, 5.41) is 11.9. The van der Waals surface area contributed by atoms with Gasteiger partial charge in [0.15, 0.2) is 5.69 Å². The van der Waals surface area contributed by atoms with Gasteiger partial charge < -0.3 is 10.2 Å². The summed E-state index contributed by atoms with van der Waals surface area (Å²) in [5.74, 6) is 0.912. The van der Waals surface area contributed by atoms with Crippen LogP contribution in [-0.4, -0.2) is 51.0 Å². The van der Waals surface area contributed by atoms with Crippen molar-refractivity contribution in [3.05, 3.63) is 11.9 Å². The lowest BCUT2D eigenvalue weighted by Crippen LogP contribution is -2.44. The van der Waals surface area contributed by atoms with Crippen molar-refractivity contribution < 1.29 is 4.79 Å². The van der Waals surface area contributed by atoms with Crippen molar-refractivity contribution >= 4 is 18.3 Å². The molecule has 25 heavy (non-hydrogen) atoms. The second kappa shape index (κ2) is 8.04. The first kappa shape index (κ1) is 18.6. The molecule has 1 N–H and O–H groups in total. The fraction of sp³-hybridized carbons (Fsp3) is 0.833. The number of carbonyl (C=O) groups excluding carboxylic acids is 1. The number of aromatic nitrogens is 3. The first-order chi connectivity index (χ1) is 11.7. The summed E-state index contributed by atoms with van der Waals surface area (Å²) in [6.45, 7) is 4.36. The van der Waals surface area contributed by atoms with Gasteiger partial charge in [-0.3, -0.25) is 4.79 Å². The zero-order chi connectivity index (χ0) is 16.5. The molecule has 1 aromatic heterocycles. The maximum Gasteiger partial charge on any atom is 0.276 e. The minimum Gasteiger partial charge on any atom is -0.331 e. The van der Waals surface area contributed by atoms with E-state index in [2.05, 4.69) is 27.5 Å². The van der Waals surface area contributed by atoms with Crippen molar-refractivity contribution in [2.24, 2.45) is 5.92 Å². The number of halogens is 1. The average Bonchev–Trinajstić information content (AvgIpc) is 3.32. The number of nitrogens with one attached hydrogen (secondary N) is 1. The average molecular weight is 368 g/mol. The largest absolute Gasteiger partial charge is 0.331 e. The van der Waals surface area contributed by atoms with Gasteiger partial charge in [0.1, 0.15) is 0 Å². The number of piperidine rings is 1. The van der Waals surface area contributed by atoms with Crippen LogP contribution in [0.2, 0.25) is 0 Å². The van der Waals surface area contributed by atoms with E-state index >= 15 is 0 Å². The Balaban J connectivity index is 0.00000182. The number of carbonyl (C=O) groups is 1. The van der Waals surface area contributed by atoms with Crippen molar-refractivity contribution in [2.45, 2.75) is 76.4 Å². The zero-order valence-electron chi connectivity index (χ0n) is 15.1. The van der Waals surface area contributed by atoms with E-state index in [0.29, 0.717) is 23.8 Å². The normalized spacial score (nSPS) is 27.6. The quantitative estimate of drug-likeness (QED) is 0.888. The molecule has 0 spiro atoms. The molecular weight excluding hydrogens is 338 g/mol. The highest BCUT2D eigenvalue weighted by atomic mass is 35.5. The van der Waals surface area contributed by atoms with Gasteiger partial charge in [-0.2, -0.15) is 0 Å². The van der Waals surface area contributed by atoms with Gasteiger partial charge in [-0.05, 0) is 70.4 Å². The first-order valence-corrected chi connectivity index (χ1v) is 9.67. The number of nitrogens with zero attached hydrogens (tertiary/aromatic N) is 4. The number of amides is 1. The highest BCUT2D eigenvalue weighted by Crippen LogP contribution is 2.36. The third-order valence-corrected chi connectivity index (χ3v) is 5.97. The number of rotatable bonds is 4. The Morgan fingerprint density at radius 2 is 1.68 bits per heavy atom. The van der Waals surface area contributed by atoms with E-state index in [1.54, 1.807) is 0 Å². The molecule has 0 unspecified atom stereocenters.